The quantitative estimate of drug-likeness (QED) is 0.0336. The van der Waals surface area contributed by atoms with Gasteiger partial charge < -0.3 is 23.8 Å². The van der Waals surface area contributed by atoms with Crippen LogP contribution in [0.15, 0.2) is 0 Å². The van der Waals surface area contributed by atoms with Crippen molar-refractivity contribution >= 4 is 18.1 Å². The Hall–Kier alpha value is -1.87. The average Bonchev–Trinajstić information content (AvgIpc) is 3.28. The molecule has 2 unspecified atom stereocenters. The van der Waals surface area contributed by atoms with E-state index >= 15 is 0 Å². The summed E-state index contributed by atoms with van der Waals surface area (Å²) in [4.78, 5) is 44.0. The number of carbonyl (C=O) groups excluding carboxylic acids is 3. The molecule has 9 nitrogen and oxygen atoms in total. The molecule has 0 saturated carbocycles. The Labute approximate surface area is 391 Å². The third-order valence-electron chi connectivity index (χ3n) is 13.1. The minimum atomic E-state index is -0.589. The molecular formula is C54H106N2O7. The highest BCUT2D eigenvalue weighted by molar-refractivity contribution is 5.72. The molecule has 0 amide bonds. The minimum absolute atomic E-state index is 0.00955. The van der Waals surface area contributed by atoms with Gasteiger partial charge in [0.05, 0.1) is 25.0 Å². The highest BCUT2D eigenvalue weighted by Crippen LogP contribution is 2.23. The molecule has 0 aromatic rings. The molecular weight excluding hydrogens is 789 g/mol. The second-order valence-corrected chi connectivity index (χ2v) is 18.5. The molecule has 0 saturated heterocycles. The zero-order valence-corrected chi connectivity index (χ0v) is 43.0. The van der Waals surface area contributed by atoms with Crippen LogP contribution in [0.4, 0.5) is 4.79 Å². The van der Waals surface area contributed by atoms with Gasteiger partial charge in [-0.05, 0) is 96.7 Å². The van der Waals surface area contributed by atoms with Crippen LogP contribution in [0.5, 0.6) is 0 Å². The summed E-state index contributed by atoms with van der Waals surface area (Å²) >= 11 is 0. The van der Waals surface area contributed by atoms with E-state index in [1.807, 2.05) is 0 Å². The Kier molecular flexibility index (Phi) is 45.3. The average molecular weight is 895 g/mol. The first kappa shape index (κ1) is 61.1. The maximum absolute atomic E-state index is 13.2. The summed E-state index contributed by atoms with van der Waals surface area (Å²) in [5.74, 6) is 0.0257. The van der Waals surface area contributed by atoms with Gasteiger partial charge >= 0.3 is 18.1 Å². The van der Waals surface area contributed by atoms with Crippen molar-refractivity contribution in [2.24, 2.45) is 11.8 Å². The van der Waals surface area contributed by atoms with E-state index in [0.717, 1.165) is 135 Å². The number of esters is 2. The Bertz CT molecular complexity index is 953. The Morgan fingerprint density at radius 2 is 0.683 bits per heavy atom. The van der Waals surface area contributed by atoms with E-state index in [4.69, 9.17) is 18.9 Å². The van der Waals surface area contributed by atoms with Gasteiger partial charge in [-0.1, -0.05) is 177 Å². The topological polar surface area (TPSA) is 94.6 Å². The molecule has 63 heavy (non-hydrogen) atoms. The second kappa shape index (κ2) is 46.7. The van der Waals surface area contributed by atoms with Gasteiger partial charge in [-0.2, -0.15) is 0 Å². The lowest BCUT2D eigenvalue weighted by Gasteiger charge is -2.25. The van der Waals surface area contributed by atoms with Crippen LogP contribution in [0.2, 0.25) is 0 Å². The number of hydrogen-bond acceptors (Lipinski definition) is 9. The Balaban J connectivity index is 5.07. The highest BCUT2D eigenvalue weighted by atomic mass is 16.7. The smallest absolute Gasteiger partial charge is 0.465 e. The van der Waals surface area contributed by atoms with Crippen LogP contribution < -0.4 is 0 Å². The first-order valence-electron chi connectivity index (χ1n) is 27.4. The van der Waals surface area contributed by atoms with E-state index < -0.39 is 6.16 Å². The molecule has 0 fully saturated rings. The molecule has 0 aliphatic carbocycles. The standard InChI is InChI=1S/C54H106N2O7/c1-8-15-19-23-25-31-39-49(37-29-21-17-10-3)52(57)60-46-35-27-33-41-51(63-54(59)62-48-45-56(14-7)44-43-55(12-5)13-6)42-34-28-36-47-61-53(58)50(38-30-22-18-11-4)40-32-26-24-20-16-9-2/h49-51H,8-48H2,1-7H3. The SMILES string of the molecule is CCCCCCCCC(CCCCCC)C(=O)OCCCCCC(CCCCCOC(=O)C(CCCCCC)CCCCCCCC)OC(=O)OCCN(CC)CCN(CC)CC. The highest BCUT2D eigenvalue weighted by Gasteiger charge is 2.21. The predicted molar refractivity (Wildman–Crippen MR) is 265 cm³/mol. The predicted octanol–water partition coefficient (Wildman–Crippen LogP) is 15.1. The summed E-state index contributed by atoms with van der Waals surface area (Å²) in [5, 5.41) is 0. The molecule has 0 aliphatic heterocycles. The lowest BCUT2D eigenvalue weighted by molar-refractivity contribution is -0.150. The maximum Gasteiger partial charge on any atom is 0.508 e. The van der Waals surface area contributed by atoms with Crippen molar-refractivity contribution in [3.8, 4) is 0 Å². The van der Waals surface area contributed by atoms with Crippen molar-refractivity contribution in [3.63, 3.8) is 0 Å². The lowest BCUT2D eigenvalue weighted by atomic mass is 9.94. The maximum atomic E-state index is 13.2. The number of ether oxygens (including phenoxy) is 4. The monoisotopic (exact) mass is 895 g/mol. The molecule has 0 radical (unpaired) electrons. The summed E-state index contributed by atoms with van der Waals surface area (Å²) < 4.78 is 23.3. The normalized spacial score (nSPS) is 13.0. The van der Waals surface area contributed by atoms with Gasteiger partial charge in [0, 0.05) is 19.6 Å². The van der Waals surface area contributed by atoms with Crippen LogP contribution in [-0.2, 0) is 28.5 Å². The molecule has 0 spiro atoms. The van der Waals surface area contributed by atoms with Gasteiger partial charge in [0.15, 0.2) is 0 Å². The number of rotatable bonds is 48. The van der Waals surface area contributed by atoms with Crippen molar-refractivity contribution in [1.29, 1.82) is 0 Å². The number of carbonyl (C=O) groups is 3. The van der Waals surface area contributed by atoms with E-state index in [9.17, 15) is 14.4 Å². The largest absolute Gasteiger partial charge is 0.508 e. The molecule has 0 bridgehead atoms. The molecule has 0 N–H and O–H groups in total. The minimum Gasteiger partial charge on any atom is -0.465 e. The summed E-state index contributed by atoms with van der Waals surface area (Å²) in [6.07, 6.45) is 33.9. The van der Waals surface area contributed by atoms with Gasteiger partial charge in [-0.25, -0.2) is 4.79 Å². The van der Waals surface area contributed by atoms with Crippen LogP contribution in [0.25, 0.3) is 0 Å². The fraction of sp³-hybridized carbons (Fsp3) is 0.944. The van der Waals surface area contributed by atoms with E-state index in [1.165, 1.54) is 103 Å². The van der Waals surface area contributed by atoms with E-state index in [2.05, 4.69) is 58.3 Å². The third kappa shape index (κ3) is 38.0. The zero-order valence-electron chi connectivity index (χ0n) is 43.0. The third-order valence-corrected chi connectivity index (χ3v) is 13.1. The zero-order chi connectivity index (χ0) is 46.4. The molecule has 0 rings (SSSR count). The number of hydrogen-bond donors (Lipinski definition) is 0. The summed E-state index contributed by atoms with van der Waals surface area (Å²) in [7, 11) is 0. The first-order valence-corrected chi connectivity index (χ1v) is 27.4. The fourth-order valence-corrected chi connectivity index (χ4v) is 8.56. The first-order chi connectivity index (χ1) is 30.8. The molecule has 0 aromatic carbocycles. The molecule has 374 valence electrons. The van der Waals surface area contributed by atoms with Crippen molar-refractivity contribution in [2.45, 2.75) is 260 Å². The summed E-state index contributed by atoms with van der Waals surface area (Å²) in [6, 6.07) is 0. The van der Waals surface area contributed by atoms with E-state index in [1.54, 1.807) is 0 Å². The van der Waals surface area contributed by atoms with Crippen LogP contribution in [-0.4, -0.2) is 93.1 Å². The van der Waals surface area contributed by atoms with E-state index in [0.29, 0.717) is 26.4 Å². The second-order valence-electron chi connectivity index (χ2n) is 18.5. The van der Waals surface area contributed by atoms with Gasteiger partial charge in [-0.3, -0.25) is 14.5 Å². The Morgan fingerprint density at radius 1 is 0.349 bits per heavy atom. The summed E-state index contributed by atoms with van der Waals surface area (Å²) in [5.41, 5.74) is 0. The van der Waals surface area contributed by atoms with Crippen LogP contribution in [0, 0.1) is 11.8 Å². The number of likely N-dealkylation sites (N-methyl/N-ethyl adjacent to an activating group) is 2. The number of nitrogens with zero attached hydrogens (tertiary/aromatic N) is 2. The van der Waals surface area contributed by atoms with Crippen molar-refractivity contribution in [2.75, 3.05) is 59.1 Å². The molecule has 0 aromatic heterocycles. The van der Waals surface area contributed by atoms with Gasteiger partial charge in [-0.15, -0.1) is 0 Å². The van der Waals surface area contributed by atoms with E-state index in [-0.39, 0.29) is 29.9 Å². The van der Waals surface area contributed by atoms with Crippen molar-refractivity contribution in [3.05, 3.63) is 0 Å². The van der Waals surface area contributed by atoms with Gasteiger partial charge in [0.1, 0.15) is 12.7 Å². The van der Waals surface area contributed by atoms with Crippen LogP contribution in [0.1, 0.15) is 254 Å². The molecule has 2 atom stereocenters. The molecule has 0 aliphatic rings. The molecule has 9 heteroatoms. The summed E-state index contributed by atoms with van der Waals surface area (Å²) in [6.45, 7) is 22.3. The van der Waals surface area contributed by atoms with Crippen LogP contribution >= 0.6 is 0 Å². The fourth-order valence-electron chi connectivity index (χ4n) is 8.56. The Morgan fingerprint density at radius 3 is 1.08 bits per heavy atom. The van der Waals surface area contributed by atoms with Crippen molar-refractivity contribution in [1.82, 2.24) is 9.80 Å². The lowest BCUT2D eigenvalue weighted by Crippen LogP contribution is -2.37. The molecule has 0 heterocycles. The van der Waals surface area contributed by atoms with Crippen molar-refractivity contribution < 1.29 is 33.3 Å². The van der Waals surface area contributed by atoms with Crippen LogP contribution in [0.3, 0.4) is 0 Å². The van der Waals surface area contributed by atoms with Gasteiger partial charge in [0.25, 0.3) is 0 Å². The number of unbranched alkanes of at least 4 members (excludes halogenated alkanes) is 20. The van der Waals surface area contributed by atoms with Gasteiger partial charge in [0.2, 0.25) is 0 Å².